The Morgan fingerprint density at radius 1 is 0.710 bits per heavy atom. The van der Waals surface area contributed by atoms with Gasteiger partial charge in [0, 0.05) is 25.7 Å². The maximum absolute atomic E-state index is 12.7. The highest BCUT2D eigenvalue weighted by Gasteiger charge is 2.22. The number of unbranched alkanes of at least 4 members (excludes halogenated alkanes) is 16. The van der Waals surface area contributed by atoms with Crippen LogP contribution in [-0.2, 0) is 45.5 Å². The van der Waals surface area contributed by atoms with E-state index in [2.05, 4.69) is 33.8 Å². The Morgan fingerprint density at radius 2 is 1.26 bits per heavy atom. The largest absolute Gasteiger partial charge is 0.756 e. The number of quaternary nitrogens is 1. The highest BCUT2D eigenvalue weighted by Crippen LogP contribution is 2.38. The predicted molar refractivity (Wildman–Crippen MR) is 250 cm³/mol. The van der Waals surface area contributed by atoms with Gasteiger partial charge < -0.3 is 37.4 Å². The van der Waals surface area contributed by atoms with Gasteiger partial charge in [0.2, 0.25) is 0 Å². The minimum Gasteiger partial charge on any atom is -0.756 e. The Morgan fingerprint density at radius 3 is 1.84 bits per heavy atom. The molecule has 1 rings (SSSR count). The average Bonchev–Trinajstić information content (AvgIpc) is 3.48. The van der Waals surface area contributed by atoms with Crippen molar-refractivity contribution in [2.75, 3.05) is 47.5 Å². The van der Waals surface area contributed by atoms with E-state index in [1.807, 2.05) is 45.4 Å². The van der Waals surface area contributed by atoms with E-state index >= 15 is 0 Å². The summed E-state index contributed by atoms with van der Waals surface area (Å²) in [6, 6.07) is 0. The number of rotatable bonds is 40. The van der Waals surface area contributed by atoms with Gasteiger partial charge in [-0.2, -0.15) is 0 Å². The number of aliphatic hydroxyl groups is 1. The predicted octanol–water partition coefficient (Wildman–Crippen LogP) is 11.7. The van der Waals surface area contributed by atoms with E-state index in [-0.39, 0.29) is 26.1 Å². The lowest BCUT2D eigenvalue weighted by Gasteiger charge is -2.28. The summed E-state index contributed by atoms with van der Waals surface area (Å²) in [6.07, 6.45) is 34.6. The smallest absolute Gasteiger partial charge is 0.306 e. The summed E-state index contributed by atoms with van der Waals surface area (Å²) in [5.41, 5.74) is 2.69. The highest BCUT2D eigenvalue weighted by atomic mass is 31.2. The molecule has 0 spiro atoms. The molecule has 62 heavy (non-hydrogen) atoms. The van der Waals surface area contributed by atoms with Crippen molar-refractivity contribution in [1.82, 2.24) is 0 Å². The number of carbonyl (C=O) groups excluding carboxylic acids is 2. The zero-order valence-corrected chi connectivity index (χ0v) is 41.0. The number of hydrogen-bond acceptors (Lipinski definition) is 10. The summed E-state index contributed by atoms with van der Waals surface area (Å²) < 4.78 is 40.2. The van der Waals surface area contributed by atoms with Gasteiger partial charge in [-0.25, -0.2) is 0 Å². The van der Waals surface area contributed by atoms with Crippen molar-refractivity contribution in [3.8, 4) is 0 Å². The number of aliphatic hydroxyl groups excluding tert-OH is 1. The second-order valence-corrected chi connectivity index (χ2v) is 19.3. The number of nitrogens with zero attached hydrogens (tertiary/aromatic N) is 1. The zero-order valence-electron chi connectivity index (χ0n) is 40.1. The quantitative estimate of drug-likeness (QED) is 0.0169. The SMILES string of the molecule is CC/C=C/CC(O)/C=C/C=C/CCCCCCCC(=O)O[C@H](COC(=O)CCCCCCCCCCCCc1oc(CCCCC)c(C)c1C)COP(=O)([O-])OCC[N+](C)(C)C. The third kappa shape index (κ3) is 32.2. The van der Waals surface area contributed by atoms with Gasteiger partial charge in [0.1, 0.15) is 31.3 Å². The minimum absolute atomic E-state index is 0.0505. The minimum atomic E-state index is -4.66. The van der Waals surface area contributed by atoms with Crippen molar-refractivity contribution in [2.24, 2.45) is 0 Å². The fourth-order valence-corrected chi connectivity index (χ4v) is 7.60. The average molecular weight is 894 g/mol. The van der Waals surface area contributed by atoms with E-state index in [4.69, 9.17) is 22.9 Å². The molecule has 1 N–H and O–H groups in total. The molecule has 0 bridgehead atoms. The lowest BCUT2D eigenvalue weighted by Crippen LogP contribution is -2.37. The number of aryl methyl sites for hydroxylation is 2. The number of carbonyl (C=O) groups is 2. The van der Waals surface area contributed by atoms with Crippen LogP contribution in [0.1, 0.15) is 184 Å². The van der Waals surface area contributed by atoms with Gasteiger partial charge >= 0.3 is 11.9 Å². The first-order valence-corrected chi connectivity index (χ1v) is 25.6. The Labute approximate surface area is 377 Å². The molecule has 1 heterocycles. The van der Waals surface area contributed by atoms with Crippen molar-refractivity contribution in [3.05, 3.63) is 59.1 Å². The normalized spacial score (nSPS) is 14.3. The molecule has 0 fully saturated rings. The van der Waals surface area contributed by atoms with E-state index in [0.717, 1.165) is 70.6 Å². The van der Waals surface area contributed by atoms with Crippen LogP contribution < -0.4 is 4.89 Å². The number of likely N-dealkylation sites (N-methyl/N-ethyl adjacent to an activating group) is 1. The maximum atomic E-state index is 12.7. The first kappa shape index (κ1) is 57.5. The number of ether oxygens (including phenoxy) is 2. The molecule has 0 saturated heterocycles. The molecule has 3 atom stereocenters. The second kappa shape index (κ2) is 35.8. The Kier molecular flexibility index (Phi) is 33.2. The van der Waals surface area contributed by atoms with Gasteiger partial charge in [-0.15, -0.1) is 0 Å². The molecule has 1 aromatic heterocycles. The first-order chi connectivity index (χ1) is 29.7. The molecule has 0 amide bonds. The first-order valence-electron chi connectivity index (χ1n) is 24.2. The lowest BCUT2D eigenvalue weighted by molar-refractivity contribution is -0.870. The van der Waals surface area contributed by atoms with Crippen molar-refractivity contribution >= 4 is 19.8 Å². The van der Waals surface area contributed by atoms with Crippen LogP contribution in [0.5, 0.6) is 0 Å². The third-order valence-corrected chi connectivity index (χ3v) is 11.9. The van der Waals surface area contributed by atoms with E-state index < -0.39 is 38.6 Å². The summed E-state index contributed by atoms with van der Waals surface area (Å²) in [5, 5.41) is 9.90. The molecule has 2 unspecified atom stereocenters. The van der Waals surface area contributed by atoms with Crippen LogP contribution in [0.25, 0.3) is 0 Å². The van der Waals surface area contributed by atoms with E-state index in [1.54, 1.807) is 6.08 Å². The van der Waals surface area contributed by atoms with Crippen molar-refractivity contribution in [2.45, 2.75) is 200 Å². The summed E-state index contributed by atoms with van der Waals surface area (Å²) in [7, 11) is 1.10. The van der Waals surface area contributed by atoms with Crippen LogP contribution in [0.4, 0.5) is 0 Å². The number of hydrogen-bond donors (Lipinski definition) is 1. The summed E-state index contributed by atoms with van der Waals surface area (Å²) in [4.78, 5) is 37.7. The lowest BCUT2D eigenvalue weighted by atomic mass is 10.0. The molecule has 11 nitrogen and oxygen atoms in total. The molecule has 0 aliphatic heterocycles. The van der Waals surface area contributed by atoms with Gasteiger partial charge in [-0.05, 0) is 76.3 Å². The van der Waals surface area contributed by atoms with Gasteiger partial charge in [-0.3, -0.25) is 14.2 Å². The summed E-state index contributed by atoms with van der Waals surface area (Å²) in [5.74, 6) is 1.47. The molecule has 0 aliphatic rings. The fourth-order valence-electron chi connectivity index (χ4n) is 6.87. The van der Waals surface area contributed by atoms with Crippen LogP contribution in [0.3, 0.4) is 0 Å². The molecule has 0 radical (unpaired) electrons. The zero-order chi connectivity index (χ0) is 45.9. The van der Waals surface area contributed by atoms with Gasteiger partial charge in [0.05, 0.1) is 33.9 Å². The number of phosphoric ester groups is 1. The van der Waals surface area contributed by atoms with Crippen LogP contribution in [-0.4, -0.2) is 81.2 Å². The summed E-state index contributed by atoms with van der Waals surface area (Å²) >= 11 is 0. The molecule has 358 valence electrons. The van der Waals surface area contributed by atoms with Gasteiger partial charge in [-0.1, -0.05) is 134 Å². The van der Waals surface area contributed by atoms with E-state index in [9.17, 15) is 24.2 Å². The molecular formula is C50H88NO10P. The van der Waals surface area contributed by atoms with Crippen LogP contribution >= 0.6 is 7.82 Å². The van der Waals surface area contributed by atoms with E-state index in [0.29, 0.717) is 30.3 Å². The van der Waals surface area contributed by atoms with Crippen molar-refractivity contribution in [1.29, 1.82) is 0 Å². The number of furan rings is 1. The van der Waals surface area contributed by atoms with Crippen LogP contribution in [0, 0.1) is 13.8 Å². The van der Waals surface area contributed by atoms with Crippen molar-refractivity contribution < 1.29 is 51.6 Å². The van der Waals surface area contributed by atoms with E-state index in [1.165, 1.54) is 80.4 Å². The third-order valence-electron chi connectivity index (χ3n) is 11.0. The number of allylic oxidation sites excluding steroid dienone is 4. The standard InChI is InChI=1S/C50H88NO10P/c1-8-10-27-33-45(52)34-29-23-19-15-14-18-22-26-32-38-50(54)60-46(42-59-62(55,56)58-40-39-51(5,6)7)41-57-49(53)37-31-25-21-17-13-12-16-20-24-30-36-48-44(4)43(3)47(61-48)35-28-11-9-2/h10,19,23,27,29,34,45-46,52H,8-9,11-18,20-22,24-26,28,30-33,35-42H2,1-7H3/b23-19+,27-10+,34-29+/t45?,46-/m1/s1. The molecule has 1 aromatic rings. The number of phosphoric acid groups is 1. The summed E-state index contributed by atoms with van der Waals surface area (Å²) in [6.45, 7) is 8.31. The molecule has 0 aliphatic carbocycles. The second-order valence-electron chi connectivity index (χ2n) is 17.9. The fraction of sp³-hybridized carbons (Fsp3) is 0.760. The monoisotopic (exact) mass is 894 g/mol. The van der Waals surface area contributed by atoms with Crippen LogP contribution in [0.2, 0.25) is 0 Å². The Balaban J connectivity index is 2.32. The maximum Gasteiger partial charge on any atom is 0.306 e. The molecule has 0 saturated carbocycles. The van der Waals surface area contributed by atoms with Crippen LogP contribution in [0.15, 0.2) is 40.9 Å². The highest BCUT2D eigenvalue weighted by molar-refractivity contribution is 7.45. The molecule has 12 heteroatoms. The molecule has 0 aromatic carbocycles. The topological polar surface area (TPSA) is 145 Å². The number of esters is 2. The Bertz CT molecular complexity index is 1450. The van der Waals surface area contributed by atoms with Gasteiger partial charge in [0.25, 0.3) is 7.82 Å². The Hall–Kier alpha value is -2.53. The van der Waals surface area contributed by atoms with Crippen molar-refractivity contribution in [3.63, 3.8) is 0 Å². The molecular weight excluding hydrogens is 806 g/mol. The van der Waals surface area contributed by atoms with Gasteiger partial charge in [0.15, 0.2) is 6.10 Å².